The van der Waals surface area contributed by atoms with Crippen LogP contribution in [0.15, 0.2) is 167 Å². The Bertz CT molecular complexity index is 2560. The molecule has 300 valence electrons. The van der Waals surface area contributed by atoms with Crippen molar-refractivity contribution >= 4 is 16.7 Å². The normalized spacial score (nSPS) is 25.4. The third-order valence-corrected chi connectivity index (χ3v) is 15.1. The minimum atomic E-state index is -0.351. The Kier molecular flexibility index (Phi) is 9.53. The van der Waals surface area contributed by atoms with Crippen LogP contribution in [0, 0.1) is 34.5 Å². The second-order valence-corrected chi connectivity index (χ2v) is 20.3. The highest BCUT2D eigenvalue weighted by Crippen LogP contribution is 2.65. The molecular formula is C58H63N. The monoisotopic (exact) mass is 773 g/mol. The highest BCUT2D eigenvalue weighted by atomic mass is 15.1. The highest BCUT2D eigenvalue weighted by molar-refractivity contribution is 6.01. The van der Waals surface area contributed by atoms with Gasteiger partial charge >= 0.3 is 0 Å². The third kappa shape index (κ3) is 6.02. The fourth-order valence-corrected chi connectivity index (χ4v) is 11.6. The van der Waals surface area contributed by atoms with E-state index in [1.807, 2.05) is 0 Å². The molecule has 0 amide bonds. The molecule has 0 saturated carbocycles. The molecule has 6 atom stereocenters. The molecule has 1 spiro atoms. The van der Waals surface area contributed by atoms with E-state index in [1.165, 1.54) is 78.1 Å². The van der Waals surface area contributed by atoms with Crippen molar-refractivity contribution in [2.24, 2.45) is 34.5 Å². The Balaban J connectivity index is 1.12. The molecule has 0 saturated heterocycles. The van der Waals surface area contributed by atoms with Crippen molar-refractivity contribution in [1.29, 1.82) is 0 Å². The fourth-order valence-electron chi connectivity index (χ4n) is 11.6. The maximum Gasteiger partial charge on any atom is 0.0728 e. The molecule has 1 heterocycles. The van der Waals surface area contributed by atoms with Crippen molar-refractivity contribution in [3.8, 4) is 0 Å². The molecule has 6 unspecified atom stereocenters. The molecule has 0 aromatic heterocycles. The van der Waals surface area contributed by atoms with Crippen molar-refractivity contribution in [2.45, 2.75) is 93.4 Å². The van der Waals surface area contributed by atoms with E-state index in [2.05, 4.69) is 215 Å². The maximum atomic E-state index is 3.58. The minimum Gasteiger partial charge on any atom is -0.353 e. The second-order valence-electron chi connectivity index (χ2n) is 20.3. The standard InChI is InChI=1S/C58H63N/c1-12-14-15-18-39-27-32-53-54(39)42(35-59(53)11)24-23-38(13-2)40-25-28-47-45-19-16-21-49(45)58(51(47)33-40)50-22-17-20-46(50)48-29-26-41(34-52(48)58)44-31-30-43(55(44)57(8,9)10)36(3)37(4)56(5,6)7/h12,14-16,18,20-38,54-55H,13,19H2,1-11H3/b14-12-,18-15-,24-23-. The predicted octanol–water partition coefficient (Wildman–Crippen LogP) is 14.9. The summed E-state index contributed by atoms with van der Waals surface area (Å²) in [6, 6.07) is 15.0. The first kappa shape index (κ1) is 39.4. The topological polar surface area (TPSA) is 3.24 Å². The van der Waals surface area contributed by atoms with Crippen LogP contribution in [0.5, 0.6) is 0 Å². The molecule has 1 aliphatic heterocycles. The van der Waals surface area contributed by atoms with Gasteiger partial charge in [0.25, 0.3) is 0 Å². The van der Waals surface area contributed by atoms with Crippen LogP contribution in [-0.4, -0.2) is 11.9 Å². The Morgan fingerprint density at radius 1 is 0.864 bits per heavy atom. The summed E-state index contributed by atoms with van der Waals surface area (Å²) in [5.74, 6) is 2.01. The van der Waals surface area contributed by atoms with E-state index in [0.717, 1.165) is 12.8 Å². The van der Waals surface area contributed by atoms with Gasteiger partial charge < -0.3 is 4.90 Å². The number of hydrogen-bond acceptors (Lipinski definition) is 1. The van der Waals surface area contributed by atoms with Gasteiger partial charge in [-0.1, -0.05) is 165 Å². The van der Waals surface area contributed by atoms with Crippen molar-refractivity contribution in [2.75, 3.05) is 7.05 Å². The van der Waals surface area contributed by atoms with Gasteiger partial charge in [0, 0.05) is 30.8 Å². The van der Waals surface area contributed by atoms with E-state index in [-0.39, 0.29) is 22.2 Å². The molecular weight excluding hydrogens is 711 g/mol. The Labute approximate surface area is 355 Å². The van der Waals surface area contributed by atoms with Crippen molar-refractivity contribution < 1.29 is 0 Å². The summed E-state index contributed by atoms with van der Waals surface area (Å²) in [6.45, 7) is 23.9. The summed E-state index contributed by atoms with van der Waals surface area (Å²) >= 11 is 0. The van der Waals surface area contributed by atoms with Gasteiger partial charge in [0.2, 0.25) is 0 Å². The molecule has 7 aliphatic rings. The molecule has 0 fully saturated rings. The van der Waals surface area contributed by atoms with Gasteiger partial charge in [0.05, 0.1) is 11.3 Å². The zero-order valence-corrected chi connectivity index (χ0v) is 37.4. The van der Waals surface area contributed by atoms with E-state index in [0.29, 0.717) is 23.7 Å². The third-order valence-electron chi connectivity index (χ3n) is 15.1. The Hall–Kier alpha value is -5.10. The van der Waals surface area contributed by atoms with Gasteiger partial charge in [-0.05, 0) is 139 Å². The van der Waals surface area contributed by atoms with Crippen molar-refractivity contribution in [3.05, 3.63) is 200 Å². The van der Waals surface area contributed by atoms with Crippen LogP contribution in [0.1, 0.15) is 121 Å². The van der Waals surface area contributed by atoms with Crippen molar-refractivity contribution in [1.82, 2.24) is 4.90 Å². The number of rotatable bonds is 9. The summed E-state index contributed by atoms with van der Waals surface area (Å²) in [4.78, 5) is 2.30. The smallest absolute Gasteiger partial charge is 0.0728 e. The van der Waals surface area contributed by atoms with E-state index in [9.17, 15) is 0 Å². The fraction of sp³-hybridized carbons (Fsp3) is 0.362. The number of benzene rings is 2. The van der Waals surface area contributed by atoms with Crippen LogP contribution < -0.4 is 0 Å². The number of fused-ring (bicyclic) bond motifs is 9. The first-order valence-electron chi connectivity index (χ1n) is 22.3. The van der Waals surface area contributed by atoms with Crippen molar-refractivity contribution in [3.63, 3.8) is 0 Å². The van der Waals surface area contributed by atoms with E-state index in [4.69, 9.17) is 0 Å². The van der Waals surface area contributed by atoms with Crippen LogP contribution in [0.2, 0.25) is 0 Å². The van der Waals surface area contributed by atoms with Crippen LogP contribution in [0.3, 0.4) is 0 Å². The molecule has 0 radical (unpaired) electrons. The quantitative estimate of drug-likeness (QED) is 0.181. The summed E-state index contributed by atoms with van der Waals surface area (Å²) in [6.07, 6.45) is 36.8. The lowest BCUT2D eigenvalue weighted by Gasteiger charge is -2.40. The SMILES string of the molecule is C/C=C\C=C/C1=CC=C2C1C(/C=C\C(CC)c1ccc3c(c1)C1(C4=C(C=C=C4)c4ccc(C5=CC=C(C(C)C(C)C(C)(C)C)C5C(C)(C)C)cc41)C1=C3CC=C1)=CN2C. The van der Waals surface area contributed by atoms with E-state index < -0.39 is 0 Å². The largest absolute Gasteiger partial charge is 0.353 e. The van der Waals surface area contributed by atoms with Gasteiger partial charge in [0.1, 0.15) is 0 Å². The van der Waals surface area contributed by atoms with Gasteiger partial charge in [-0.25, -0.2) is 0 Å². The van der Waals surface area contributed by atoms with Crippen LogP contribution >= 0.6 is 0 Å². The number of hydrogen-bond donors (Lipinski definition) is 0. The Morgan fingerprint density at radius 2 is 1.64 bits per heavy atom. The lowest BCUT2D eigenvalue weighted by Crippen LogP contribution is -2.31. The van der Waals surface area contributed by atoms with Crippen LogP contribution in [0.4, 0.5) is 0 Å². The zero-order valence-electron chi connectivity index (χ0n) is 37.4. The van der Waals surface area contributed by atoms with Crippen LogP contribution in [0.25, 0.3) is 16.7 Å². The van der Waals surface area contributed by atoms with Gasteiger partial charge in [-0.15, -0.1) is 5.73 Å². The number of nitrogens with zero attached hydrogens (tertiary/aromatic N) is 1. The first-order valence-corrected chi connectivity index (χ1v) is 22.3. The molecule has 2 aromatic carbocycles. The van der Waals surface area contributed by atoms with Crippen LogP contribution in [-0.2, 0) is 5.41 Å². The minimum absolute atomic E-state index is 0.0875. The molecule has 6 aliphatic carbocycles. The molecule has 1 nitrogen and oxygen atoms in total. The van der Waals surface area contributed by atoms with E-state index >= 15 is 0 Å². The van der Waals surface area contributed by atoms with E-state index in [1.54, 1.807) is 5.57 Å². The second kappa shape index (κ2) is 14.3. The lowest BCUT2D eigenvalue weighted by molar-refractivity contribution is 0.192. The summed E-state index contributed by atoms with van der Waals surface area (Å²) in [7, 11) is 2.18. The average Bonchev–Trinajstić information content (AvgIpc) is 4.05. The lowest BCUT2D eigenvalue weighted by atomic mass is 9.64. The summed E-state index contributed by atoms with van der Waals surface area (Å²) in [5.41, 5.74) is 24.8. The predicted molar refractivity (Wildman–Crippen MR) is 252 cm³/mol. The summed E-state index contributed by atoms with van der Waals surface area (Å²) < 4.78 is 0. The maximum absolute atomic E-state index is 3.58. The van der Waals surface area contributed by atoms with Gasteiger partial charge in [-0.3, -0.25) is 0 Å². The van der Waals surface area contributed by atoms with Gasteiger partial charge in [0.15, 0.2) is 0 Å². The van der Waals surface area contributed by atoms with Gasteiger partial charge in [-0.2, -0.15) is 0 Å². The molecule has 59 heavy (non-hydrogen) atoms. The molecule has 0 bridgehead atoms. The zero-order chi connectivity index (χ0) is 41.6. The summed E-state index contributed by atoms with van der Waals surface area (Å²) in [5, 5.41) is 0. The average molecular weight is 774 g/mol. The highest BCUT2D eigenvalue weighted by Gasteiger charge is 2.54. The first-order chi connectivity index (χ1) is 28.2. The molecule has 2 aromatic rings. The molecule has 0 N–H and O–H groups in total. The molecule has 9 rings (SSSR count). The Morgan fingerprint density at radius 3 is 2.39 bits per heavy atom. The number of allylic oxidation sites excluding steroid dienone is 20. The molecule has 1 heteroatoms.